The summed E-state index contributed by atoms with van der Waals surface area (Å²) in [7, 11) is 0. The summed E-state index contributed by atoms with van der Waals surface area (Å²) >= 11 is 0. The third kappa shape index (κ3) is 1.77. The van der Waals surface area contributed by atoms with Crippen LogP contribution in [-0.2, 0) is 0 Å². The fourth-order valence-electron chi connectivity index (χ4n) is 2.32. The van der Waals surface area contributed by atoms with Crippen molar-refractivity contribution in [2.75, 3.05) is 26.2 Å². The molecule has 2 aliphatic heterocycles. The van der Waals surface area contributed by atoms with Crippen molar-refractivity contribution in [3.05, 3.63) is 0 Å². The van der Waals surface area contributed by atoms with Gasteiger partial charge in [0.1, 0.15) is 0 Å². The predicted molar refractivity (Wildman–Crippen MR) is 48.8 cm³/mol. The molecule has 13 heavy (non-hydrogen) atoms. The zero-order valence-corrected chi connectivity index (χ0v) is 7.78. The molecule has 0 aliphatic carbocycles. The summed E-state index contributed by atoms with van der Waals surface area (Å²) in [6.07, 6.45) is 2.82. The highest BCUT2D eigenvalue weighted by atomic mass is 16.4. The van der Waals surface area contributed by atoms with E-state index in [-0.39, 0.29) is 0 Å². The topological polar surface area (TPSA) is 43.8 Å². The van der Waals surface area contributed by atoms with Crippen molar-refractivity contribution in [1.29, 1.82) is 0 Å². The zero-order valence-electron chi connectivity index (χ0n) is 7.78. The fraction of sp³-hybridized carbons (Fsp3) is 0.889. The van der Waals surface area contributed by atoms with E-state index in [0.29, 0.717) is 6.04 Å². The van der Waals surface area contributed by atoms with Crippen LogP contribution < -0.4 is 0 Å². The molecule has 0 aromatic carbocycles. The first-order valence-corrected chi connectivity index (χ1v) is 4.99. The van der Waals surface area contributed by atoms with Crippen LogP contribution in [0.25, 0.3) is 0 Å². The summed E-state index contributed by atoms with van der Waals surface area (Å²) in [5.41, 5.74) is 0. The molecule has 2 rings (SSSR count). The van der Waals surface area contributed by atoms with Crippen LogP contribution in [0.5, 0.6) is 0 Å². The molecule has 1 atom stereocenters. The zero-order chi connectivity index (χ0) is 9.26. The summed E-state index contributed by atoms with van der Waals surface area (Å²) in [5, 5.41) is 8.78. The van der Waals surface area contributed by atoms with Crippen molar-refractivity contribution in [2.45, 2.75) is 25.3 Å². The van der Waals surface area contributed by atoms with Crippen LogP contribution in [0.4, 0.5) is 4.79 Å². The lowest BCUT2D eigenvalue weighted by atomic mass is 10.2. The van der Waals surface area contributed by atoms with Crippen LogP contribution in [0.2, 0.25) is 0 Å². The van der Waals surface area contributed by atoms with Crippen LogP contribution in [0, 0.1) is 0 Å². The van der Waals surface area contributed by atoms with Crippen molar-refractivity contribution in [1.82, 2.24) is 9.80 Å². The SMILES string of the molecule is O=C(O)N1CCC(N2CCCC2)C1. The van der Waals surface area contributed by atoms with Crippen LogP contribution in [0.1, 0.15) is 19.3 Å². The smallest absolute Gasteiger partial charge is 0.407 e. The van der Waals surface area contributed by atoms with E-state index in [0.717, 1.165) is 32.6 Å². The minimum absolute atomic E-state index is 0.499. The molecule has 0 saturated carbocycles. The van der Waals surface area contributed by atoms with Gasteiger partial charge in [0.15, 0.2) is 0 Å². The minimum Gasteiger partial charge on any atom is -0.465 e. The van der Waals surface area contributed by atoms with Crippen LogP contribution in [0.3, 0.4) is 0 Å². The van der Waals surface area contributed by atoms with Gasteiger partial charge in [0.25, 0.3) is 0 Å². The highest BCUT2D eigenvalue weighted by molar-refractivity contribution is 5.65. The number of hydrogen-bond donors (Lipinski definition) is 1. The molecule has 2 fully saturated rings. The van der Waals surface area contributed by atoms with Gasteiger partial charge in [-0.3, -0.25) is 4.90 Å². The van der Waals surface area contributed by atoms with Crippen LogP contribution in [-0.4, -0.2) is 53.2 Å². The first-order chi connectivity index (χ1) is 6.27. The summed E-state index contributed by atoms with van der Waals surface area (Å²) < 4.78 is 0. The van der Waals surface area contributed by atoms with E-state index in [1.165, 1.54) is 17.7 Å². The maximum absolute atomic E-state index is 10.7. The fourth-order valence-corrected chi connectivity index (χ4v) is 2.32. The summed E-state index contributed by atoms with van der Waals surface area (Å²) in [6, 6.07) is 0.499. The number of likely N-dealkylation sites (tertiary alicyclic amines) is 2. The van der Waals surface area contributed by atoms with E-state index in [1.807, 2.05) is 0 Å². The Labute approximate surface area is 78.1 Å². The second-order valence-electron chi connectivity index (χ2n) is 3.91. The van der Waals surface area contributed by atoms with E-state index in [1.54, 1.807) is 0 Å². The van der Waals surface area contributed by atoms with E-state index < -0.39 is 6.09 Å². The van der Waals surface area contributed by atoms with Gasteiger partial charge in [0.05, 0.1) is 0 Å². The van der Waals surface area contributed by atoms with Gasteiger partial charge < -0.3 is 10.0 Å². The van der Waals surface area contributed by atoms with E-state index in [4.69, 9.17) is 5.11 Å². The number of carbonyl (C=O) groups is 1. The van der Waals surface area contributed by atoms with Crippen LogP contribution >= 0.6 is 0 Å². The van der Waals surface area contributed by atoms with Gasteiger partial charge in [0, 0.05) is 19.1 Å². The Balaban J connectivity index is 1.86. The molecule has 0 radical (unpaired) electrons. The van der Waals surface area contributed by atoms with Gasteiger partial charge in [-0.2, -0.15) is 0 Å². The minimum atomic E-state index is -0.762. The van der Waals surface area contributed by atoms with Gasteiger partial charge in [-0.1, -0.05) is 0 Å². The lowest BCUT2D eigenvalue weighted by Crippen LogP contribution is -2.36. The van der Waals surface area contributed by atoms with Crippen LogP contribution in [0.15, 0.2) is 0 Å². The maximum atomic E-state index is 10.7. The number of rotatable bonds is 1. The largest absolute Gasteiger partial charge is 0.465 e. The molecule has 1 unspecified atom stereocenters. The number of carboxylic acid groups (broad SMARTS) is 1. The normalized spacial score (nSPS) is 29.8. The molecule has 2 aliphatic rings. The Morgan fingerprint density at radius 2 is 1.92 bits per heavy atom. The molecule has 0 aromatic rings. The standard InChI is InChI=1S/C9H16N2O2/c12-9(13)11-6-3-8(7-11)10-4-1-2-5-10/h8H,1-7H2,(H,12,13). The molecule has 74 valence electrons. The number of nitrogens with zero attached hydrogens (tertiary/aromatic N) is 2. The molecule has 0 bridgehead atoms. The summed E-state index contributed by atoms with van der Waals surface area (Å²) in [4.78, 5) is 14.6. The number of amides is 1. The summed E-state index contributed by atoms with van der Waals surface area (Å²) in [5.74, 6) is 0. The molecule has 2 heterocycles. The molecule has 1 amide bonds. The predicted octanol–water partition coefficient (Wildman–Crippen LogP) is 0.835. The molecule has 0 spiro atoms. The third-order valence-electron chi connectivity index (χ3n) is 3.09. The van der Waals surface area contributed by atoms with E-state index in [9.17, 15) is 4.79 Å². The average Bonchev–Trinajstić information content (AvgIpc) is 2.75. The first kappa shape index (κ1) is 8.81. The Hall–Kier alpha value is -0.770. The quantitative estimate of drug-likeness (QED) is 0.656. The highest BCUT2D eigenvalue weighted by Gasteiger charge is 2.31. The van der Waals surface area contributed by atoms with Crippen molar-refractivity contribution >= 4 is 6.09 Å². The summed E-state index contributed by atoms with van der Waals surface area (Å²) in [6.45, 7) is 3.77. The molecule has 2 saturated heterocycles. The Kier molecular flexibility index (Phi) is 2.40. The second-order valence-corrected chi connectivity index (χ2v) is 3.91. The monoisotopic (exact) mass is 184 g/mol. The van der Waals surface area contributed by atoms with E-state index in [2.05, 4.69) is 4.90 Å². The van der Waals surface area contributed by atoms with Gasteiger partial charge in [0.2, 0.25) is 0 Å². The second kappa shape index (κ2) is 3.54. The molecular weight excluding hydrogens is 168 g/mol. The number of hydrogen-bond acceptors (Lipinski definition) is 2. The molecule has 4 nitrogen and oxygen atoms in total. The Morgan fingerprint density at radius 3 is 2.46 bits per heavy atom. The Morgan fingerprint density at radius 1 is 1.23 bits per heavy atom. The van der Waals surface area contributed by atoms with Gasteiger partial charge in [-0.15, -0.1) is 0 Å². The van der Waals surface area contributed by atoms with Crippen molar-refractivity contribution in [2.24, 2.45) is 0 Å². The van der Waals surface area contributed by atoms with Gasteiger partial charge in [-0.05, 0) is 32.4 Å². The Bertz CT molecular complexity index is 202. The van der Waals surface area contributed by atoms with Gasteiger partial charge in [-0.25, -0.2) is 4.79 Å². The highest BCUT2D eigenvalue weighted by Crippen LogP contribution is 2.20. The van der Waals surface area contributed by atoms with Crippen molar-refractivity contribution < 1.29 is 9.90 Å². The van der Waals surface area contributed by atoms with Crippen molar-refractivity contribution in [3.8, 4) is 0 Å². The molecule has 0 aromatic heterocycles. The lowest BCUT2D eigenvalue weighted by Gasteiger charge is -2.22. The first-order valence-electron chi connectivity index (χ1n) is 4.99. The lowest BCUT2D eigenvalue weighted by molar-refractivity contribution is 0.150. The molecule has 1 N–H and O–H groups in total. The van der Waals surface area contributed by atoms with Gasteiger partial charge >= 0.3 is 6.09 Å². The van der Waals surface area contributed by atoms with E-state index >= 15 is 0 Å². The average molecular weight is 184 g/mol. The van der Waals surface area contributed by atoms with Crippen molar-refractivity contribution in [3.63, 3.8) is 0 Å². The molecule has 4 heteroatoms. The maximum Gasteiger partial charge on any atom is 0.407 e. The third-order valence-corrected chi connectivity index (χ3v) is 3.09. The molecular formula is C9H16N2O2.